The minimum Gasteiger partial charge on any atom is -0.506 e. The van der Waals surface area contributed by atoms with E-state index in [0.717, 1.165) is 6.42 Å². The van der Waals surface area contributed by atoms with E-state index in [2.05, 4.69) is 22.8 Å². The van der Waals surface area contributed by atoms with Crippen LogP contribution in [0.5, 0.6) is 5.75 Å². The van der Waals surface area contributed by atoms with E-state index >= 15 is 0 Å². The summed E-state index contributed by atoms with van der Waals surface area (Å²) in [6, 6.07) is 6.32. The molecule has 2 aliphatic carbocycles. The van der Waals surface area contributed by atoms with Gasteiger partial charge in [-0.1, -0.05) is 24.3 Å². The third-order valence-electron chi connectivity index (χ3n) is 4.30. The standard InChI is InChI=1S/C16H18N2O3/c19-14-4-2-1-3-13(14)18-16(21)15(20)17-9-12-8-10-5-6-11(12)7-10/h1-6,10-12,19H,7-9H2,(H,17,20)(H,18,21). The lowest BCUT2D eigenvalue weighted by Crippen LogP contribution is -2.38. The summed E-state index contributed by atoms with van der Waals surface area (Å²) in [6.45, 7) is 0.526. The smallest absolute Gasteiger partial charge is 0.313 e. The molecule has 2 bridgehead atoms. The van der Waals surface area contributed by atoms with Gasteiger partial charge < -0.3 is 15.7 Å². The van der Waals surface area contributed by atoms with E-state index in [9.17, 15) is 14.7 Å². The van der Waals surface area contributed by atoms with Gasteiger partial charge in [-0.3, -0.25) is 9.59 Å². The van der Waals surface area contributed by atoms with Gasteiger partial charge in [-0.05, 0) is 42.7 Å². The number of allylic oxidation sites excluding steroid dienone is 2. The molecule has 3 atom stereocenters. The molecule has 5 heteroatoms. The number of hydrogen-bond acceptors (Lipinski definition) is 3. The number of carbonyl (C=O) groups is 2. The first-order valence-corrected chi connectivity index (χ1v) is 7.19. The summed E-state index contributed by atoms with van der Waals surface area (Å²) in [5.74, 6) is 0.141. The minimum absolute atomic E-state index is 0.0584. The van der Waals surface area contributed by atoms with Gasteiger partial charge in [0.1, 0.15) is 5.75 Å². The number of phenols is 1. The van der Waals surface area contributed by atoms with Crippen molar-refractivity contribution < 1.29 is 14.7 Å². The number of para-hydroxylation sites is 2. The van der Waals surface area contributed by atoms with Gasteiger partial charge in [0.25, 0.3) is 0 Å². The Balaban J connectivity index is 1.50. The molecule has 21 heavy (non-hydrogen) atoms. The monoisotopic (exact) mass is 286 g/mol. The minimum atomic E-state index is -0.754. The highest BCUT2D eigenvalue weighted by Gasteiger charge is 2.35. The summed E-state index contributed by atoms with van der Waals surface area (Å²) in [6.07, 6.45) is 6.72. The summed E-state index contributed by atoms with van der Waals surface area (Å²) in [7, 11) is 0. The molecular formula is C16H18N2O3. The van der Waals surface area contributed by atoms with Gasteiger partial charge in [0.2, 0.25) is 0 Å². The molecule has 1 fully saturated rings. The molecule has 0 aliphatic heterocycles. The van der Waals surface area contributed by atoms with Gasteiger partial charge in [0.15, 0.2) is 0 Å². The molecule has 1 aromatic rings. The molecule has 3 N–H and O–H groups in total. The normalized spacial score (nSPS) is 25.8. The van der Waals surface area contributed by atoms with E-state index in [4.69, 9.17) is 0 Å². The van der Waals surface area contributed by atoms with E-state index in [1.807, 2.05) is 0 Å². The van der Waals surface area contributed by atoms with Crippen LogP contribution in [0.4, 0.5) is 5.69 Å². The van der Waals surface area contributed by atoms with E-state index < -0.39 is 11.8 Å². The topological polar surface area (TPSA) is 78.4 Å². The first kappa shape index (κ1) is 13.7. The summed E-state index contributed by atoms with van der Waals surface area (Å²) >= 11 is 0. The van der Waals surface area contributed by atoms with Crippen molar-refractivity contribution in [1.82, 2.24) is 5.32 Å². The van der Waals surface area contributed by atoms with Crippen LogP contribution in [-0.4, -0.2) is 23.5 Å². The number of benzene rings is 1. The molecule has 2 amide bonds. The van der Waals surface area contributed by atoms with E-state index in [1.54, 1.807) is 18.2 Å². The van der Waals surface area contributed by atoms with Crippen LogP contribution >= 0.6 is 0 Å². The first-order valence-electron chi connectivity index (χ1n) is 7.19. The Bertz CT molecular complexity index is 597. The number of amides is 2. The van der Waals surface area contributed by atoms with Gasteiger partial charge in [-0.25, -0.2) is 0 Å². The van der Waals surface area contributed by atoms with Crippen LogP contribution in [0.1, 0.15) is 12.8 Å². The molecule has 0 aromatic heterocycles. The van der Waals surface area contributed by atoms with Gasteiger partial charge >= 0.3 is 11.8 Å². The van der Waals surface area contributed by atoms with Crippen molar-refractivity contribution in [3.63, 3.8) is 0 Å². The second-order valence-corrected chi connectivity index (χ2v) is 5.72. The first-order chi connectivity index (χ1) is 10.1. The maximum Gasteiger partial charge on any atom is 0.313 e. The molecule has 1 aromatic carbocycles. The highest BCUT2D eigenvalue weighted by atomic mass is 16.3. The fraction of sp³-hybridized carbons (Fsp3) is 0.375. The number of anilines is 1. The predicted molar refractivity (Wildman–Crippen MR) is 78.6 cm³/mol. The van der Waals surface area contributed by atoms with Crippen molar-refractivity contribution in [3.05, 3.63) is 36.4 Å². The van der Waals surface area contributed by atoms with Crippen molar-refractivity contribution >= 4 is 17.5 Å². The van der Waals surface area contributed by atoms with Gasteiger partial charge in [0, 0.05) is 6.54 Å². The number of aromatic hydroxyl groups is 1. The summed E-state index contributed by atoms with van der Waals surface area (Å²) in [4.78, 5) is 23.6. The summed E-state index contributed by atoms with van der Waals surface area (Å²) in [5, 5.41) is 14.6. The fourth-order valence-electron chi connectivity index (χ4n) is 3.19. The zero-order valence-electron chi connectivity index (χ0n) is 11.6. The Morgan fingerprint density at radius 1 is 1.14 bits per heavy atom. The predicted octanol–water partition coefficient (Wildman–Crippen LogP) is 1.66. The maximum absolute atomic E-state index is 11.8. The molecule has 1 saturated carbocycles. The van der Waals surface area contributed by atoms with E-state index in [0.29, 0.717) is 24.3 Å². The molecular weight excluding hydrogens is 268 g/mol. The Morgan fingerprint density at radius 3 is 2.62 bits per heavy atom. The average Bonchev–Trinajstić information content (AvgIpc) is 3.09. The lowest BCUT2D eigenvalue weighted by molar-refractivity contribution is -0.136. The van der Waals surface area contributed by atoms with Gasteiger partial charge in [-0.2, -0.15) is 0 Å². The molecule has 0 saturated heterocycles. The number of carbonyl (C=O) groups excluding carboxylic acids is 2. The van der Waals surface area contributed by atoms with Crippen LogP contribution in [0, 0.1) is 17.8 Å². The van der Waals surface area contributed by atoms with Crippen molar-refractivity contribution in [2.75, 3.05) is 11.9 Å². The third kappa shape index (κ3) is 2.91. The Labute approximate surface area is 123 Å². The maximum atomic E-state index is 11.8. The molecule has 3 rings (SSSR count). The molecule has 0 spiro atoms. The largest absolute Gasteiger partial charge is 0.506 e. The summed E-state index contributed by atoms with van der Waals surface area (Å²) < 4.78 is 0. The van der Waals surface area contributed by atoms with Crippen molar-refractivity contribution in [2.45, 2.75) is 12.8 Å². The Kier molecular flexibility index (Phi) is 3.64. The lowest BCUT2D eigenvalue weighted by atomic mass is 9.94. The van der Waals surface area contributed by atoms with Crippen LogP contribution in [0.25, 0.3) is 0 Å². The molecule has 5 nitrogen and oxygen atoms in total. The zero-order chi connectivity index (χ0) is 14.8. The SMILES string of the molecule is O=C(NCC1CC2C=CC1C2)C(=O)Nc1ccccc1O. The molecule has 2 aliphatic rings. The van der Waals surface area contributed by atoms with Gasteiger partial charge in [-0.15, -0.1) is 0 Å². The highest BCUT2D eigenvalue weighted by Crippen LogP contribution is 2.42. The van der Waals surface area contributed by atoms with Gasteiger partial charge in [0.05, 0.1) is 5.69 Å². The number of rotatable bonds is 3. The Morgan fingerprint density at radius 2 is 1.95 bits per heavy atom. The molecule has 3 unspecified atom stereocenters. The fourth-order valence-corrected chi connectivity index (χ4v) is 3.19. The van der Waals surface area contributed by atoms with Crippen molar-refractivity contribution in [3.8, 4) is 5.75 Å². The number of hydrogen-bond donors (Lipinski definition) is 3. The van der Waals surface area contributed by atoms with E-state index in [-0.39, 0.29) is 11.4 Å². The van der Waals surface area contributed by atoms with Crippen LogP contribution in [-0.2, 0) is 9.59 Å². The second kappa shape index (κ2) is 5.60. The molecule has 0 radical (unpaired) electrons. The molecule has 0 heterocycles. The quantitative estimate of drug-likeness (QED) is 0.449. The van der Waals surface area contributed by atoms with Crippen molar-refractivity contribution in [2.24, 2.45) is 17.8 Å². The van der Waals surface area contributed by atoms with E-state index in [1.165, 1.54) is 12.5 Å². The van der Waals surface area contributed by atoms with Crippen LogP contribution < -0.4 is 10.6 Å². The molecule has 110 valence electrons. The number of nitrogens with one attached hydrogen (secondary N) is 2. The van der Waals surface area contributed by atoms with Crippen molar-refractivity contribution in [1.29, 1.82) is 0 Å². The summed E-state index contributed by atoms with van der Waals surface area (Å²) in [5.41, 5.74) is 0.237. The highest BCUT2D eigenvalue weighted by molar-refractivity contribution is 6.39. The van der Waals surface area contributed by atoms with Crippen LogP contribution in [0.3, 0.4) is 0 Å². The number of phenolic OH excluding ortho intramolecular Hbond substituents is 1. The average molecular weight is 286 g/mol. The van der Waals surface area contributed by atoms with Crippen LogP contribution in [0.2, 0.25) is 0 Å². The Hall–Kier alpha value is -2.30. The zero-order valence-corrected chi connectivity index (χ0v) is 11.6. The number of fused-ring (bicyclic) bond motifs is 2. The second-order valence-electron chi connectivity index (χ2n) is 5.72. The van der Waals surface area contributed by atoms with Crippen LogP contribution in [0.15, 0.2) is 36.4 Å². The lowest BCUT2D eigenvalue weighted by Gasteiger charge is -2.18. The third-order valence-corrected chi connectivity index (χ3v) is 4.30.